The Morgan fingerprint density at radius 2 is 1.45 bits per heavy atom. The van der Waals surface area contributed by atoms with E-state index in [4.69, 9.17) is 0 Å². The molecule has 0 saturated carbocycles. The molecule has 11 heavy (non-hydrogen) atoms. The van der Waals surface area contributed by atoms with E-state index in [2.05, 4.69) is 45.0 Å². The Kier molecular flexibility index (Phi) is 4.37. The van der Waals surface area contributed by atoms with Crippen molar-refractivity contribution in [3.63, 3.8) is 0 Å². The summed E-state index contributed by atoms with van der Waals surface area (Å²) in [6, 6.07) is 8.71. The molecule has 0 aromatic heterocycles. The first-order chi connectivity index (χ1) is 4.70. The molecular weight excluding hydrogens is 151 g/mol. The molecule has 0 N–H and O–H groups in total. The molecule has 1 heteroatoms. The van der Waals surface area contributed by atoms with E-state index in [1.54, 1.807) is 0 Å². The zero-order valence-corrected chi connectivity index (χ0v) is 9.01. The molecule has 0 aliphatic rings. The van der Waals surface area contributed by atoms with Crippen LogP contribution in [0.15, 0.2) is 24.3 Å². The van der Waals surface area contributed by atoms with E-state index >= 15 is 0 Å². The Bertz CT molecular complexity index is 199. The summed E-state index contributed by atoms with van der Waals surface area (Å²) in [7, 11) is 0. The van der Waals surface area contributed by atoms with Crippen LogP contribution in [0.25, 0.3) is 0 Å². The average molecular weight is 168 g/mol. The van der Waals surface area contributed by atoms with Crippen molar-refractivity contribution in [1.82, 2.24) is 0 Å². The highest BCUT2D eigenvalue weighted by Crippen LogP contribution is 2.13. The van der Waals surface area contributed by atoms with Crippen molar-refractivity contribution in [3.05, 3.63) is 35.4 Å². The van der Waals surface area contributed by atoms with Gasteiger partial charge in [0.15, 0.2) is 0 Å². The molecule has 0 aliphatic heterocycles. The number of rotatable bonds is 1. The van der Waals surface area contributed by atoms with Crippen LogP contribution in [0, 0.1) is 6.92 Å². The lowest BCUT2D eigenvalue weighted by Gasteiger charge is -2.03. The summed E-state index contributed by atoms with van der Waals surface area (Å²) >= 11 is 0. The largest absolute Gasteiger partial charge is 0.153 e. The second-order valence-electron chi connectivity index (χ2n) is 3.07. The second kappa shape index (κ2) is 4.51. The first-order valence-electron chi connectivity index (χ1n) is 3.76. The highest BCUT2D eigenvalue weighted by atomic mass is 31.0. The lowest BCUT2D eigenvalue weighted by atomic mass is 10.0. The van der Waals surface area contributed by atoms with Crippen molar-refractivity contribution in [2.45, 2.75) is 26.7 Å². The fourth-order valence-corrected chi connectivity index (χ4v) is 0.951. The first kappa shape index (κ1) is 10.7. The van der Waals surface area contributed by atoms with Gasteiger partial charge < -0.3 is 0 Å². The fourth-order valence-electron chi connectivity index (χ4n) is 0.951. The molecule has 0 nitrogen and oxygen atoms in total. The van der Waals surface area contributed by atoms with Crippen molar-refractivity contribution in [2.24, 2.45) is 0 Å². The van der Waals surface area contributed by atoms with E-state index in [0.717, 1.165) is 0 Å². The van der Waals surface area contributed by atoms with Gasteiger partial charge in [-0.25, -0.2) is 0 Å². The van der Waals surface area contributed by atoms with Crippen molar-refractivity contribution in [1.29, 1.82) is 0 Å². The third kappa shape index (κ3) is 3.03. The maximum absolute atomic E-state index is 2.21. The molecule has 1 rings (SSSR count). The van der Waals surface area contributed by atoms with Gasteiger partial charge in [-0.1, -0.05) is 43.7 Å². The number of benzene rings is 1. The second-order valence-corrected chi connectivity index (χ2v) is 3.07. The number of aryl methyl sites for hydroxylation is 1. The van der Waals surface area contributed by atoms with Gasteiger partial charge in [0.2, 0.25) is 0 Å². The van der Waals surface area contributed by atoms with E-state index in [-0.39, 0.29) is 9.90 Å². The highest BCUT2D eigenvalue weighted by molar-refractivity contribution is 6.92. The molecule has 1 atom stereocenters. The summed E-state index contributed by atoms with van der Waals surface area (Å²) in [5.74, 6) is 0.653. The van der Waals surface area contributed by atoms with Crippen LogP contribution < -0.4 is 0 Å². The van der Waals surface area contributed by atoms with E-state index in [1.165, 1.54) is 11.1 Å². The Morgan fingerprint density at radius 1 is 1.00 bits per heavy atom. The van der Waals surface area contributed by atoms with Gasteiger partial charge in [0.05, 0.1) is 0 Å². The summed E-state index contributed by atoms with van der Waals surface area (Å²) in [5, 5.41) is 0. The molecule has 0 bridgehead atoms. The molecule has 1 unspecified atom stereocenters. The molecule has 1 aromatic carbocycles. The maximum Gasteiger partial charge on any atom is -0.0219 e. The lowest BCUT2D eigenvalue weighted by molar-refractivity contribution is 0.866. The van der Waals surface area contributed by atoms with Crippen molar-refractivity contribution >= 4 is 9.90 Å². The molecule has 0 heterocycles. The maximum atomic E-state index is 2.21. The van der Waals surface area contributed by atoms with E-state index in [9.17, 15) is 0 Å². The van der Waals surface area contributed by atoms with Crippen LogP contribution in [-0.4, -0.2) is 0 Å². The Hall–Kier alpha value is -0.350. The molecule has 0 radical (unpaired) electrons. The van der Waals surface area contributed by atoms with Gasteiger partial charge in [0.1, 0.15) is 0 Å². The summed E-state index contributed by atoms with van der Waals surface area (Å²) in [6.45, 7) is 6.54. The van der Waals surface area contributed by atoms with Crippen molar-refractivity contribution in [2.75, 3.05) is 0 Å². The van der Waals surface area contributed by atoms with Crippen LogP contribution in [-0.2, 0) is 0 Å². The minimum absolute atomic E-state index is 0. The summed E-state index contributed by atoms with van der Waals surface area (Å²) in [5.41, 5.74) is 2.76. The molecule has 0 aliphatic carbocycles. The monoisotopic (exact) mass is 168 g/mol. The van der Waals surface area contributed by atoms with Gasteiger partial charge in [-0.2, -0.15) is 9.90 Å². The molecule has 1 aromatic rings. The van der Waals surface area contributed by atoms with Gasteiger partial charge in [0, 0.05) is 0 Å². The lowest BCUT2D eigenvalue weighted by Crippen LogP contribution is -1.85. The fraction of sp³-hybridized carbons (Fsp3) is 0.400. The van der Waals surface area contributed by atoms with Crippen LogP contribution in [0.1, 0.15) is 30.9 Å². The van der Waals surface area contributed by atoms with Gasteiger partial charge >= 0.3 is 0 Å². The standard InChI is InChI=1S/C10H14.H3P/c1-8(2)10-6-4-9(3)5-7-10;/h4-8H,1-3H3;1H3. The quantitative estimate of drug-likeness (QED) is 0.565. The van der Waals surface area contributed by atoms with Crippen molar-refractivity contribution in [3.8, 4) is 0 Å². The van der Waals surface area contributed by atoms with Crippen molar-refractivity contribution < 1.29 is 0 Å². The zero-order chi connectivity index (χ0) is 7.56. The van der Waals surface area contributed by atoms with Gasteiger partial charge in [-0.3, -0.25) is 0 Å². The smallest absolute Gasteiger partial charge is 0.0219 e. The van der Waals surface area contributed by atoms with E-state index < -0.39 is 0 Å². The molecular formula is C10H17P. The van der Waals surface area contributed by atoms with Gasteiger partial charge in [0.25, 0.3) is 0 Å². The third-order valence-electron chi connectivity index (χ3n) is 1.74. The minimum atomic E-state index is 0. The van der Waals surface area contributed by atoms with Gasteiger partial charge in [-0.05, 0) is 18.4 Å². The number of hydrogen-bond acceptors (Lipinski definition) is 0. The van der Waals surface area contributed by atoms with E-state index in [0.29, 0.717) is 5.92 Å². The predicted octanol–water partition coefficient (Wildman–Crippen LogP) is 3.18. The first-order valence-corrected chi connectivity index (χ1v) is 3.76. The van der Waals surface area contributed by atoms with Crippen LogP contribution in [0.4, 0.5) is 0 Å². The third-order valence-corrected chi connectivity index (χ3v) is 1.74. The molecule has 62 valence electrons. The summed E-state index contributed by atoms with van der Waals surface area (Å²) in [4.78, 5) is 0. The normalized spacial score (nSPS) is 9.45. The van der Waals surface area contributed by atoms with E-state index in [1.807, 2.05) is 0 Å². The zero-order valence-electron chi connectivity index (χ0n) is 7.59. The van der Waals surface area contributed by atoms with Gasteiger partial charge in [-0.15, -0.1) is 0 Å². The summed E-state index contributed by atoms with van der Waals surface area (Å²) < 4.78 is 0. The molecule has 0 spiro atoms. The van der Waals surface area contributed by atoms with Crippen LogP contribution in [0.3, 0.4) is 0 Å². The Morgan fingerprint density at radius 3 is 1.82 bits per heavy atom. The highest BCUT2D eigenvalue weighted by Gasteiger charge is 1.95. The summed E-state index contributed by atoms with van der Waals surface area (Å²) in [6.07, 6.45) is 0. The SMILES string of the molecule is Cc1ccc(C(C)C)cc1.P. The average Bonchev–Trinajstić information content (AvgIpc) is 1.88. The van der Waals surface area contributed by atoms with Crippen LogP contribution in [0.5, 0.6) is 0 Å². The topological polar surface area (TPSA) is 0 Å². The van der Waals surface area contributed by atoms with Crippen LogP contribution >= 0.6 is 9.90 Å². The predicted molar refractivity (Wildman–Crippen MR) is 56.4 cm³/mol. The Labute approximate surface area is 72.6 Å². The molecule has 0 amide bonds. The minimum Gasteiger partial charge on any atom is -0.153 e. The molecule has 0 saturated heterocycles. The Balaban J connectivity index is 0.000001000. The number of hydrogen-bond donors (Lipinski definition) is 0. The van der Waals surface area contributed by atoms with Crippen LogP contribution in [0.2, 0.25) is 0 Å². The molecule has 0 fully saturated rings.